The molecule has 0 radical (unpaired) electrons. The van der Waals surface area contributed by atoms with Gasteiger partial charge >= 0.3 is 0 Å². The Balaban J connectivity index is 1.77. The fourth-order valence-electron chi connectivity index (χ4n) is 2.70. The van der Waals surface area contributed by atoms with Crippen molar-refractivity contribution in [1.82, 2.24) is 10.2 Å². The number of aryl methyl sites for hydroxylation is 1. The van der Waals surface area contributed by atoms with Crippen molar-refractivity contribution in [2.24, 2.45) is 0 Å². The zero-order chi connectivity index (χ0) is 15.8. The van der Waals surface area contributed by atoms with Gasteiger partial charge in [0.25, 0.3) is 0 Å². The molecule has 0 saturated carbocycles. The number of nitrogens with one attached hydrogen (secondary N) is 1. The van der Waals surface area contributed by atoms with Crippen LogP contribution in [0.2, 0.25) is 10.0 Å². The lowest BCUT2D eigenvalue weighted by Gasteiger charge is -2.27. The molecule has 1 fully saturated rings. The van der Waals surface area contributed by atoms with Gasteiger partial charge in [0.2, 0.25) is 0 Å². The van der Waals surface area contributed by atoms with E-state index in [0.717, 1.165) is 32.4 Å². The van der Waals surface area contributed by atoms with E-state index in [2.05, 4.69) is 17.1 Å². The second-order valence-corrected chi connectivity index (χ2v) is 6.60. The largest absolute Gasteiger partial charge is 0.490 e. The van der Waals surface area contributed by atoms with Crippen LogP contribution in [0.4, 0.5) is 0 Å². The molecule has 1 aromatic carbocycles. The third kappa shape index (κ3) is 5.62. The Hall–Kier alpha value is -0.480. The fourth-order valence-corrected chi connectivity index (χ4v) is 3.34. The summed E-state index contributed by atoms with van der Waals surface area (Å²) in [5, 5.41) is 4.63. The highest BCUT2D eigenvalue weighted by Crippen LogP contribution is 2.34. The van der Waals surface area contributed by atoms with Crippen molar-refractivity contribution in [3.8, 4) is 5.75 Å². The average Bonchev–Trinajstić information content (AvgIpc) is 2.52. The molecule has 1 saturated heterocycles. The lowest BCUT2D eigenvalue weighted by molar-refractivity contribution is 0.237. The molecular formula is C17H26Cl2N2O. The van der Waals surface area contributed by atoms with Crippen LogP contribution in [0.5, 0.6) is 5.75 Å². The molecule has 3 nitrogen and oxygen atoms in total. The van der Waals surface area contributed by atoms with E-state index >= 15 is 0 Å². The van der Waals surface area contributed by atoms with Crippen LogP contribution in [-0.2, 0) is 6.42 Å². The summed E-state index contributed by atoms with van der Waals surface area (Å²) in [5.41, 5.74) is 1.19. The van der Waals surface area contributed by atoms with Gasteiger partial charge in [-0.1, -0.05) is 30.1 Å². The molecule has 0 bridgehead atoms. The molecule has 0 spiro atoms. The van der Waals surface area contributed by atoms with Crippen LogP contribution in [0.15, 0.2) is 12.1 Å². The molecule has 0 aliphatic carbocycles. The predicted molar refractivity (Wildman–Crippen MR) is 94.5 cm³/mol. The van der Waals surface area contributed by atoms with E-state index in [0.29, 0.717) is 22.4 Å². The van der Waals surface area contributed by atoms with Crippen molar-refractivity contribution in [1.29, 1.82) is 0 Å². The Morgan fingerprint density at radius 2 is 1.82 bits per heavy atom. The molecule has 1 N–H and O–H groups in total. The highest BCUT2D eigenvalue weighted by atomic mass is 35.5. The van der Waals surface area contributed by atoms with E-state index < -0.39 is 0 Å². The number of nitrogens with zero attached hydrogens (tertiary/aromatic N) is 1. The fraction of sp³-hybridized carbons (Fsp3) is 0.647. The van der Waals surface area contributed by atoms with Crippen LogP contribution in [0, 0.1) is 0 Å². The zero-order valence-corrected chi connectivity index (χ0v) is 14.8. The predicted octanol–water partition coefficient (Wildman–Crippen LogP) is 4.01. The van der Waals surface area contributed by atoms with Crippen molar-refractivity contribution in [3.63, 3.8) is 0 Å². The molecule has 124 valence electrons. The van der Waals surface area contributed by atoms with Gasteiger partial charge in [-0.3, -0.25) is 0 Å². The number of unbranched alkanes of at least 4 members (excludes halogenated alkanes) is 1. The van der Waals surface area contributed by atoms with E-state index in [-0.39, 0.29) is 0 Å². The van der Waals surface area contributed by atoms with Gasteiger partial charge in [-0.15, -0.1) is 0 Å². The molecule has 1 heterocycles. The number of rotatable bonds is 8. The smallest absolute Gasteiger partial charge is 0.156 e. The number of piperazine rings is 1. The van der Waals surface area contributed by atoms with Gasteiger partial charge in [-0.05, 0) is 49.9 Å². The van der Waals surface area contributed by atoms with Gasteiger partial charge in [-0.2, -0.15) is 0 Å². The summed E-state index contributed by atoms with van der Waals surface area (Å²) in [4.78, 5) is 2.53. The van der Waals surface area contributed by atoms with E-state index in [1.54, 1.807) is 0 Å². The Morgan fingerprint density at radius 3 is 2.45 bits per heavy atom. The second kappa shape index (κ2) is 9.61. The monoisotopic (exact) mass is 344 g/mol. The quantitative estimate of drug-likeness (QED) is 0.721. The first-order chi connectivity index (χ1) is 10.7. The van der Waals surface area contributed by atoms with Crippen molar-refractivity contribution in [3.05, 3.63) is 27.7 Å². The van der Waals surface area contributed by atoms with Gasteiger partial charge in [0, 0.05) is 26.2 Å². The SMILES string of the molecule is CCCOc1c(Cl)cc(CCCCN2CCNCC2)cc1Cl. The number of halogens is 2. The van der Waals surface area contributed by atoms with Crippen LogP contribution in [0.3, 0.4) is 0 Å². The van der Waals surface area contributed by atoms with E-state index in [1.807, 2.05) is 12.1 Å². The van der Waals surface area contributed by atoms with E-state index in [9.17, 15) is 0 Å². The van der Waals surface area contributed by atoms with Crippen LogP contribution >= 0.6 is 23.2 Å². The average molecular weight is 345 g/mol. The van der Waals surface area contributed by atoms with E-state index in [1.165, 1.54) is 31.6 Å². The van der Waals surface area contributed by atoms with Crippen LogP contribution in [-0.4, -0.2) is 44.2 Å². The lowest BCUT2D eigenvalue weighted by Crippen LogP contribution is -2.43. The molecule has 1 aromatic rings. The zero-order valence-electron chi connectivity index (χ0n) is 13.3. The molecule has 0 atom stereocenters. The lowest BCUT2D eigenvalue weighted by atomic mass is 10.1. The van der Waals surface area contributed by atoms with Crippen molar-refractivity contribution in [2.75, 3.05) is 39.3 Å². The summed E-state index contributed by atoms with van der Waals surface area (Å²) in [6, 6.07) is 3.98. The maximum atomic E-state index is 6.28. The van der Waals surface area contributed by atoms with Crippen molar-refractivity contribution in [2.45, 2.75) is 32.6 Å². The summed E-state index contributed by atoms with van der Waals surface area (Å²) in [6.07, 6.45) is 4.33. The molecule has 22 heavy (non-hydrogen) atoms. The first kappa shape index (κ1) is 17.9. The highest BCUT2D eigenvalue weighted by Gasteiger charge is 2.11. The maximum Gasteiger partial charge on any atom is 0.156 e. The van der Waals surface area contributed by atoms with E-state index in [4.69, 9.17) is 27.9 Å². The normalized spacial score (nSPS) is 16.0. The Kier molecular flexibility index (Phi) is 7.81. The van der Waals surface area contributed by atoms with Crippen LogP contribution < -0.4 is 10.1 Å². The van der Waals surface area contributed by atoms with Gasteiger partial charge < -0.3 is 15.0 Å². The topological polar surface area (TPSA) is 24.5 Å². The van der Waals surface area contributed by atoms with Gasteiger partial charge in [0.1, 0.15) is 0 Å². The number of hydrogen-bond acceptors (Lipinski definition) is 3. The Bertz CT molecular complexity index is 439. The van der Waals surface area contributed by atoms with Gasteiger partial charge in [-0.25, -0.2) is 0 Å². The first-order valence-corrected chi connectivity index (χ1v) is 9.00. The number of ether oxygens (including phenoxy) is 1. The molecular weight excluding hydrogens is 319 g/mol. The minimum Gasteiger partial charge on any atom is -0.490 e. The minimum absolute atomic E-state index is 0.620. The summed E-state index contributed by atoms with van der Waals surface area (Å²) in [6.45, 7) is 8.45. The molecule has 1 aliphatic rings. The Labute approximate surface area is 143 Å². The first-order valence-electron chi connectivity index (χ1n) is 8.24. The molecule has 0 aromatic heterocycles. The molecule has 0 unspecified atom stereocenters. The third-order valence-corrected chi connectivity index (χ3v) is 4.47. The van der Waals surface area contributed by atoms with Gasteiger partial charge in [0.05, 0.1) is 16.7 Å². The van der Waals surface area contributed by atoms with Crippen molar-refractivity contribution < 1.29 is 4.74 Å². The molecule has 0 amide bonds. The number of benzene rings is 1. The third-order valence-electron chi connectivity index (χ3n) is 3.91. The summed E-state index contributed by atoms with van der Waals surface area (Å²) in [5.74, 6) is 0.620. The standard InChI is InChI=1S/C17H26Cl2N2O/c1-2-11-22-17-15(18)12-14(13-16(17)19)5-3-4-8-21-9-6-20-7-10-21/h12-13,20H,2-11H2,1H3. The Morgan fingerprint density at radius 1 is 1.14 bits per heavy atom. The maximum absolute atomic E-state index is 6.28. The van der Waals surface area contributed by atoms with Crippen molar-refractivity contribution >= 4 is 23.2 Å². The number of hydrogen-bond donors (Lipinski definition) is 1. The summed E-state index contributed by atoms with van der Waals surface area (Å²) >= 11 is 12.6. The second-order valence-electron chi connectivity index (χ2n) is 5.79. The summed E-state index contributed by atoms with van der Waals surface area (Å²) in [7, 11) is 0. The minimum atomic E-state index is 0.620. The van der Waals surface area contributed by atoms with Crippen LogP contribution in [0.25, 0.3) is 0 Å². The molecule has 2 rings (SSSR count). The highest BCUT2D eigenvalue weighted by molar-refractivity contribution is 6.37. The molecule has 5 heteroatoms. The summed E-state index contributed by atoms with van der Waals surface area (Å²) < 4.78 is 5.60. The van der Waals surface area contributed by atoms with Gasteiger partial charge in [0.15, 0.2) is 5.75 Å². The molecule has 1 aliphatic heterocycles. The van der Waals surface area contributed by atoms with Crippen LogP contribution in [0.1, 0.15) is 31.7 Å².